The van der Waals surface area contributed by atoms with Gasteiger partial charge in [0.1, 0.15) is 11.9 Å². The molecule has 1 N–H and O–H groups in total. The Morgan fingerprint density at radius 2 is 2.06 bits per heavy atom. The second-order valence-electron chi connectivity index (χ2n) is 5.05. The molecular weight excluding hydrogens is 224 g/mol. The van der Waals surface area contributed by atoms with Gasteiger partial charge in [-0.05, 0) is 24.3 Å². The summed E-state index contributed by atoms with van der Waals surface area (Å²) in [6.45, 7) is 0.985. The van der Waals surface area contributed by atoms with Crippen molar-refractivity contribution in [3.05, 3.63) is 54.1 Å². The molecule has 94 valence electrons. The van der Waals surface area contributed by atoms with Gasteiger partial charge in [-0.25, -0.2) is 4.98 Å². The number of hydrogen-bond donors (Lipinski definition) is 1. The van der Waals surface area contributed by atoms with E-state index in [4.69, 9.17) is 0 Å². The lowest BCUT2D eigenvalue weighted by atomic mass is 9.85. The maximum atomic E-state index is 10.4. The van der Waals surface area contributed by atoms with Crippen LogP contribution in [0.2, 0.25) is 0 Å². The first-order chi connectivity index (χ1) is 8.84. The van der Waals surface area contributed by atoms with Crippen LogP contribution in [-0.2, 0) is 6.54 Å². The molecule has 0 radical (unpaired) electrons. The third-order valence-corrected chi connectivity index (χ3v) is 3.79. The fourth-order valence-corrected chi connectivity index (χ4v) is 2.46. The quantitative estimate of drug-likeness (QED) is 0.895. The molecule has 0 saturated heterocycles. The van der Waals surface area contributed by atoms with Crippen LogP contribution >= 0.6 is 0 Å². The fourth-order valence-electron chi connectivity index (χ4n) is 2.46. The van der Waals surface area contributed by atoms with Crippen molar-refractivity contribution in [2.75, 3.05) is 0 Å². The molecule has 1 aliphatic rings. The van der Waals surface area contributed by atoms with Crippen LogP contribution in [0.5, 0.6) is 0 Å². The Morgan fingerprint density at radius 1 is 1.28 bits per heavy atom. The molecule has 1 atom stereocenters. The molecule has 0 bridgehead atoms. The molecule has 3 nitrogen and oxygen atoms in total. The Morgan fingerprint density at radius 3 is 2.72 bits per heavy atom. The molecule has 0 amide bonds. The SMILES string of the molecule is O[C@@H](c1ccccc1)c1nccn1CC1CCC1. The first-order valence-electron chi connectivity index (χ1n) is 6.58. The zero-order valence-electron chi connectivity index (χ0n) is 10.4. The summed E-state index contributed by atoms with van der Waals surface area (Å²) in [7, 11) is 0. The minimum absolute atomic E-state index is 0.624. The van der Waals surface area contributed by atoms with Gasteiger partial charge in [-0.2, -0.15) is 0 Å². The van der Waals surface area contributed by atoms with Gasteiger partial charge in [-0.1, -0.05) is 36.8 Å². The largest absolute Gasteiger partial charge is 0.380 e. The van der Waals surface area contributed by atoms with E-state index in [1.54, 1.807) is 6.20 Å². The zero-order chi connectivity index (χ0) is 12.4. The monoisotopic (exact) mass is 242 g/mol. The van der Waals surface area contributed by atoms with E-state index in [2.05, 4.69) is 9.55 Å². The number of aliphatic hydroxyl groups is 1. The summed E-state index contributed by atoms with van der Waals surface area (Å²) in [6.07, 6.45) is 7.08. The molecule has 3 rings (SSSR count). The van der Waals surface area contributed by atoms with E-state index in [0.717, 1.165) is 23.9 Å². The average molecular weight is 242 g/mol. The highest BCUT2D eigenvalue weighted by Crippen LogP contribution is 2.29. The number of hydrogen-bond acceptors (Lipinski definition) is 2. The van der Waals surface area contributed by atoms with E-state index in [9.17, 15) is 5.11 Å². The molecule has 18 heavy (non-hydrogen) atoms. The summed E-state index contributed by atoms with van der Waals surface area (Å²) >= 11 is 0. The van der Waals surface area contributed by atoms with Gasteiger partial charge in [0, 0.05) is 18.9 Å². The van der Waals surface area contributed by atoms with Crippen LogP contribution < -0.4 is 0 Å². The van der Waals surface area contributed by atoms with Gasteiger partial charge in [-0.3, -0.25) is 0 Å². The zero-order valence-corrected chi connectivity index (χ0v) is 10.4. The van der Waals surface area contributed by atoms with Crippen molar-refractivity contribution in [2.45, 2.75) is 31.9 Å². The fraction of sp³-hybridized carbons (Fsp3) is 0.400. The Kier molecular flexibility index (Phi) is 3.15. The van der Waals surface area contributed by atoms with Crippen molar-refractivity contribution in [1.82, 2.24) is 9.55 Å². The maximum absolute atomic E-state index is 10.4. The number of benzene rings is 1. The van der Waals surface area contributed by atoms with Gasteiger partial charge in [0.15, 0.2) is 0 Å². The molecule has 1 heterocycles. The first-order valence-corrected chi connectivity index (χ1v) is 6.58. The van der Waals surface area contributed by atoms with Gasteiger partial charge >= 0.3 is 0 Å². The van der Waals surface area contributed by atoms with Crippen molar-refractivity contribution in [1.29, 1.82) is 0 Å². The summed E-state index contributed by atoms with van der Waals surface area (Å²) in [5.41, 5.74) is 0.901. The highest BCUT2D eigenvalue weighted by Gasteiger charge is 2.21. The maximum Gasteiger partial charge on any atom is 0.142 e. The van der Waals surface area contributed by atoms with Crippen LogP contribution in [0.1, 0.15) is 36.8 Å². The summed E-state index contributed by atoms with van der Waals surface area (Å²) in [5, 5.41) is 10.4. The summed E-state index contributed by atoms with van der Waals surface area (Å²) in [5.74, 6) is 1.52. The number of aliphatic hydroxyl groups excluding tert-OH is 1. The summed E-state index contributed by atoms with van der Waals surface area (Å²) in [6, 6.07) is 9.71. The van der Waals surface area contributed by atoms with E-state index in [1.165, 1.54) is 19.3 Å². The lowest BCUT2D eigenvalue weighted by Crippen LogP contribution is -2.20. The Bertz CT molecular complexity index is 502. The van der Waals surface area contributed by atoms with E-state index in [-0.39, 0.29) is 0 Å². The van der Waals surface area contributed by atoms with Crippen molar-refractivity contribution in [3.8, 4) is 0 Å². The molecule has 2 aromatic rings. The number of rotatable bonds is 4. The topological polar surface area (TPSA) is 38.1 Å². The molecule has 0 spiro atoms. The van der Waals surface area contributed by atoms with Crippen molar-refractivity contribution in [2.24, 2.45) is 5.92 Å². The molecule has 1 aromatic heterocycles. The number of aromatic nitrogens is 2. The van der Waals surface area contributed by atoms with Crippen molar-refractivity contribution >= 4 is 0 Å². The molecule has 1 fully saturated rings. The lowest BCUT2D eigenvalue weighted by Gasteiger charge is -2.26. The van der Waals surface area contributed by atoms with Gasteiger partial charge < -0.3 is 9.67 Å². The third kappa shape index (κ3) is 2.18. The molecule has 1 saturated carbocycles. The third-order valence-electron chi connectivity index (χ3n) is 3.79. The second kappa shape index (κ2) is 4.94. The van der Waals surface area contributed by atoms with E-state index in [0.29, 0.717) is 0 Å². The van der Waals surface area contributed by atoms with Gasteiger partial charge in [0.2, 0.25) is 0 Å². The molecule has 0 unspecified atom stereocenters. The predicted octanol–water partition coefficient (Wildman–Crippen LogP) is 2.76. The van der Waals surface area contributed by atoms with Crippen LogP contribution in [0.4, 0.5) is 0 Å². The highest BCUT2D eigenvalue weighted by atomic mass is 16.3. The van der Waals surface area contributed by atoms with E-state index < -0.39 is 6.10 Å². The molecule has 1 aliphatic carbocycles. The summed E-state index contributed by atoms with van der Waals surface area (Å²) < 4.78 is 2.10. The highest BCUT2D eigenvalue weighted by molar-refractivity contribution is 5.23. The van der Waals surface area contributed by atoms with Crippen LogP contribution in [0, 0.1) is 5.92 Å². The normalized spacial score (nSPS) is 17.4. The smallest absolute Gasteiger partial charge is 0.142 e. The van der Waals surface area contributed by atoms with Crippen LogP contribution in [0.3, 0.4) is 0 Å². The molecular formula is C15H18N2O. The number of nitrogens with zero attached hydrogens (tertiary/aromatic N) is 2. The van der Waals surface area contributed by atoms with Gasteiger partial charge in [0.25, 0.3) is 0 Å². The van der Waals surface area contributed by atoms with Crippen molar-refractivity contribution in [3.63, 3.8) is 0 Å². The van der Waals surface area contributed by atoms with Gasteiger partial charge in [0.05, 0.1) is 0 Å². The van der Waals surface area contributed by atoms with Crippen molar-refractivity contribution < 1.29 is 5.11 Å². The van der Waals surface area contributed by atoms with Crippen LogP contribution in [0.25, 0.3) is 0 Å². The molecule has 0 aliphatic heterocycles. The first kappa shape index (κ1) is 11.5. The van der Waals surface area contributed by atoms with E-state index in [1.807, 2.05) is 36.5 Å². The van der Waals surface area contributed by atoms with Crippen LogP contribution in [0.15, 0.2) is 42.7 Å². The summed E-state index contributed by atoms with van der Waals surface area (Å²) in [4.78, 5) is 4.32. The van der Waals surface area contributed by atoms with E-state index >= 15 is 0 Å². The standard InChI is InChI=1S/C15H18N2O/c18-14(13-7-2-1-3-8-13)15-16-9-10-17(15)11-12-5-4-6-12/h1-3,7-10,12,14,18H,4-6,11H2/t14-/m0/s1. The Balaban J connectivity index is 1.81. The minimum atomic E-state index is -0.624. The van der Waals surface area contributed by atoms with Crippen LogP contribution in [-0.4, -0.2) is 14.7 Å². The van der Waals surface area contributed by atoms with Gasteiger partial charge in [-0.15, -0.1) is 0 Å². The Hall–Kier alpha value is -1.61. The lowest BCUT2D eigenvalue weighted by molar-refractivity contribution is 0.195. The average Bonchev–Trinajstić information content (AvgIpc) is 2.82. The molecule has 1 aromatic carbocycles. The molecule has 3 heteroatoms. The number of imidazole rings is 1. The minimum Gasteiger partial charge on any atom is -0.380 e. The second-order valence-corrected chi connectivity index (χ2v) is 5.05. The predicted molar refractivity (Wildman–Crippen MR) is 70.1 cm³/mol. The Labute approximate surface area is 107 Å².